The molecule has 0 fully saturated rings. The number of fused-ring (bicyclic) bond motifs is 1. The van der Waals surface area contributed by atoms with E-state index in [2.05, 4.69) is 10.4 Å². The maximum absolute atomic E-state index is 12.4. The number of benzene rings is 2. The summed E-state index contributed by atoms with van der Waals surface area (Å²) in [6, 6.07) is 18.1. The predicted molar refractivity (Wildman–Crippen MR) is 97.2 cm³/mol. The van der Waals surface area contributed by atoms with Gasteiger partial charge < -0.3 is 9.73 Å². The minimum Gasteiger partial charge on any atom is -0.422 e. The van der Waals surface area contributed by atoms with Crippen LogP contribution in [0.5, 0.6) is 0 Å². The molecular formula is C20H15N3O3. The van der Waals surface area contributed by atoms with Gasteiger partial charge in [-0.25, -0.2) is 9.48 Å². The van der Waals surface area contributed by atoms with Crippen LogP contribution in [-0.4, -0.2) is 15.7 Å². The van der Waals surface area contributed by atoms with Crippen LogP contribution in [0.1, 0.15) is 15.9 Å². The monoisotopic (exact) mass is 345 g/mol. The van der Waals surface area contributed by atoms with Crippen molar-refractivity contribution in [2.24, 2.45) is 0 Å². The molecule has 0 spiro atoms. The van der Waals surface area contributed by atoms with Crippen LogP contribution >= 0.6 is 0 Å². The van der Waals surface area contributed by atoms with Crippen molar-refractivity contribution in [3.8, 4) is 5.69 Å². The van der Waals surface area contributed by atoms with Crippen LogP contribution in [0, 0.1) is 0 Å². The first-order chi connectivity index (χ1) is 12.7. The molecule has 4 aromatic rings. The van der Waals surface area contributed by atoms with Crippen molar-refractivity contribution in [1.82, 2.24) is 15.1 Å². The van der Waals surface area contributed by atoms with Gasteiger partial charge >= 0.3 is 5.63 Å². The number of hydrogen-bond acceptors (Lipinski definition) is 4. The minimum atomic E-state index is -0.643. The maximum atomic E-state index is 12.4. The number of amides is 1. The Morgan fingerprint density at radius 3 is 2.65 bits per heavy atom. The molecular weight excluding hydrogens is 330 g/mol. The average molecular weight is 345 g/mol. The summed E-state index contributed by atoms with van der Waals surface area (Å²) in [5.41, 5.74) is 1.66. The van der Waals surface area contributed by atoms with Crippen LogP contribution in [0.15, 0.2) is 82.3 Å². The smallest absolute Gasteiger partial charge is 0.349 e. The van der Waals surface area contributed by atoms with E-state index in [1.807, 2.05) is 42.6 Å². The molecule has 0 saturated heterocycles. The molecule has 0 saturated carbocycles. The lowest BCUT2D eigenvalue weighted by molar-refractivity contribution is 0.0947. The van der Waals surface area contributed by atoms with Crippen molar-refractivity contribution < 1.29 is 9.21 Å². The summed E-state index contributed by atoms with van der Waals surface area (Å²) >= 11 is 0. The van der Waals surface area contributed by atoms with Gasteiger partial charge in [0.15, 0.2) is 0 Å². The number of carbonyl (C=O) groups is 1. The quantitative estimate of drug-likeness (QED) is 0.577. The first-order valence-corrected chi connectivity index (χ1v) is 8.11. The molecule has 0 radical (unpaired) electrons. The molecule has 0 unspecified atom stereocenters. The van der Waals surface area contributed by atoms with E-state index in [1.165, 1.54) is 0 Å². The molecule has 0 aliphatic rings. The Morgan fingerprint density at radius 1 is 1.08 bits per heavy atom. The fourth-order valence-electron chi connectivity index (χ4n) is 2.69. The highest BCUT2D eigenvalue weighted by Crippen LogP contribution is 2.13. The van der Waals surface area contributed by atoms with Gasteiger partial charge in [0.1, 0.15) is 11.1 Å². The first-order valence-electron chi connectivity index (χ1n) is 8.11. The zero-order chi connectivity index (χ0) is 17.9. The SMILES string of the molecule is O=C(NCc1ccc(-n2cccn2)cc1)c1cc2ccccc2oc1=O. The Hall–Kier alpha value is -3.67. The summed E-state index contributed by atoms with van der Waals surface area (Å²) in [6.07, 6.45) is 3.57. The van der Waals surface area contributed by atoms with Crippen molar-refractivity contribution in [3.63, 3.8) is 0 Å². The Labute approximate surface area is 148 Å². The van der Waals surface area contributed by atoms with E-state index in [-0.39, 0.29) is 5.56 Å². The zero-order valence-corrected chi connectivity index (χ0v) is 13.8. The molecule has 4 rings (SSSR count). The lowest BCUT2D eigenvalue weighted by atomic mass is 10.1. The van der Waals surface area contributed by atoms with Gasteiger partial charge in [-0.1, -0.05) is 30.3 Å². The highest BCUT2D eigenvalue weighted by molar-refractivity contribution is 5.96. The van der Waals surface area contributed by atoms with Gasteiger partial charge in [-0.15, -0.1) is 0 Å². The van der Waals surface area contributed by atoms with Gasteiger partial charge in [-0.05, 0) is 35.9 Å². The summed E-state index contributed by atoms with van der Waals surface area (Å²) in [5.74, 6) is -0.458. The number of hydrogen-bond donors (Lipinski definition) is 1. The van der Waals surface area contributed by atoms with Crippen LogP contribution in [0.2, 0.25) is 0 Å². The second-order valence-corrected chi connectivity index (χ2v) is 5.79. The van der Waals surface area contributed by atoms with E-state index < -0.39 is 11.5 Å². The second-order valence-electron chi connectivity index (χ2n) is 5.79. The molecule has 0 aliphatic heterocycles. The molecule has 6 heteroatoms. The normalized spacial score (nSPS) is 10.8. The standard InChI is InChI=1S/C20H15N3O3/c24-19(17-12-15-4-1-2-5-18(15)26-20(17)25)21-13-14-6-8-16(9-7-14)23-11-3-10-22-23/h1-12H,13H2,(H,21,24). The maximum Gasteiger partial charge on any atom is 0.349 e. The summed E-state index contributed by atoms with van der Waals surface area (Å²) in [6.45, 7) is 0.310. The molecule has 6 nitrogen and oxygen atoms in total. The number of nitrogens with one attached hydrogen (secondary N) is 1. The fourth-order valence-corrected chi connectivity index (χ4v) is 2.69. The van der Waals surface area contributed by atoms with Crippen molar-refractivity contribution >= 4 is 16.9 Å². The molecule has 0 bridgehead atoms. The van der Waals surface area contributed by atoms with E-state index >= 15 is 0 Å². The largest absolute Gasteiger partial charge is 0.422 e. The highest BCUT2D eigenvalue weighted by atomic mass is 16.4. The topological polar surface area (TPSA) is 77.1 Å². The molecule has 1 amide bonds. The molecule has 26 heavy (non-hydrogen) atoms. The molecule has 1 N–H and O–H groups in total. The Balaban J connectivity index is 1.49. The van der Waals surface area contributed by atoms with Crippen molar-refractivity contribution in [3.05, 3.63) is 94.6 Å². The zero-order valence-electron chi connectivity index (χ0n) is 13.8. The minimum absolute atomic E-state index is 0.00291. The fraction of sp³-hybridized carbons (Fsp3) is 0.0500. The second kappa shape index (κ2) is 6.68. The Morgan fingerprint density at radius 2 is 1.88 bits per heavy atom. The molecule has 2 aromatic carbocycles. The predicted octanol–water partition coefficient (Wildman–Crippen LogP) is 2.91. The van der Waals surface area contributed by atoms with Gasteiger partial charge in [0.25, 0.3) is 5.91 Å². The van der Waals surface area contributed by atoms with E-state index in [1.54, 1.807) is 35.1 Å². The van der Waals surface area contributed by atoms with Crippen LogP contribution in [-0.2, 0) is 6.54 Å². The van der Waals surface area contributed by atoms with E-state index in [4.69, 9.17) is 4.42 Å². The third-order valence-electron chi connectivity index (χ3n) is 4.04. The summed E-state index contributed by atoms with van der Waals surface area (Å²) in [5, 5.41) is 7.63. The molecule has 128 valence electrons. The van der Waals surface area contributed by atoms with Gasteiger partial charge in [-0.2, -0.15) is 5.10 Å². The first kappa shape index (κ1) is 15.8. The van der Waals surface area contributed by atoms with Gasteiger partial charge in [0.2, 0.25) is 0 Å². The number of rotatable bonds is 4. The Kier molecular flexibility index (Phi) is 4.07. The summed E-state index contributed by atoms with van der Waals surface area (Å²) in [4.78, 5) is 24.4. The van der Waals surface area contributed by atoms with Crippen LogP contribution in [0.4, 0.5) is 0 Å². The van der Waals surface area contributed by atoms with Gasteiger partial charge in [0, 0.05) is 24.3 Å². The number of aromatic nitrogens is 2. The van der Waals surface area contributed by atoms with Crippen molar-refractivity contribution in [2.45, 2.75) is 6.54 Å². The molecule has 0 aliphatic carbocycles. The van der Waals surface area contributed by atoms with E-state index in [0.717, 1.165) is 11.3 Å². The third-order valence-corrected chi connectivity index (χ3v) is 4.04. The van der Waals surface area contributed by atoms with Gasteiger partial charge in [-0.3, -0.25) is 4.79 Å². The van der Waals surface area contributed by atoms with Crippen molar-refractivity contribution in [1.29, 1.82) is 0 Å². The highest BCUT2D eigenvalue weighted by Gasteiger charge is 2.13. The molecule has 0 atom stereocenters. The molecule has 2 aromatic heterocycles. The number of carbonyl (C=O) groups excluding carboxylic acids is 1. The Bertz CT molecular complexity index is 1110. The summed E-state index contributed by atoms with van der Waals surface area (Å²) in [7, 11) is 0. The number of nitrogens with zero attached hydrogens (tertiary/aromatic N) is 2. The van der Waals surface area contributed by atoms with Crippen LogP contribution < -0.4 is 10.9 Å². The number of para-hydroxylation sites is 1. The van der Waals surface area contributed by atoms with Crippen LogP contribution in [0.25, 0.3) is 16.7 Å². The lowest BCUT2D eigenvalue weighted by Gasteiger charge is -2.07. The molecule has 2 heterocycles. The van der Waals surface area contributed by atoms with E-state index in [0.29, 0.717) is 17.5 Å². The lowest BCUT2D eigenvalue weighted by Crippen LogP contribution is -2.27. The van der Waals surface area contributed by atoms with E-state index in [9.17, 15) is 9.59 Å². The summed E-state index contributed by atoms with van der Waals surface area (Å²) < 4.78 is 6.95. The van der Waals surface area contributed by atoms with Crippen LogP contribution in [0.3, 0.4) is 0 Å². The van der Waals surface area contributed by atoms with Crippen molar-refractivity contribution in [2.75, 3.05) is 0 Å². The average Bonchev–Trinajstić information content (AvgIpc) is 3.21. The third kappa shape index (κ3) is 3.12. The van der Waals surface area contributed by atoms with Gasteiger partial charge in [0.05, 0.1) is 5.69 Å².